The molecule has 0 aromatic heterocycles. The lowest BCUT2D eigenvalue weighted by atomic mass is 10.2. The van der Waals surface area contributed by atoms with Gasteiger partial charge in [0.2, 0.25) is 0 Å². The minimum atomic E-state index is 0.735. The minimum absolute atomic E-state index is 0.735. The van der Waals surface area contributed by atoms with Gasteiger partial charge in [0.1, 0.15) is 0 Å². The zero-order valence-corrected chi connectivity index (χ0v) is 10.4. The molecule has 0 amide bonds. The average Bonchev–Trinajstić information content (AvgIpc) is 2.74. The molecule has 0 saturated carbocycles. The van der Waals surface area contributed by atoms with Crippen LogP contribution in [0.25, 0.3) is 0 Å². The molecule has 2 fully saturated rings. The van der Waals surface area contributed by atoms with Crippen LogP contribution in [0.5, 0.6) is 0 Å². The molecule has 2 unspecified atom stereocenters. The molecule has 3 heteroatoms. The second kappa shape index (κ2) is 4.81. The van der Waals surface area contributed by atoms with Crippen molar-refractivity contribution in [3.63, 3.8) is 0 Å². The largest absolute Gasteiger partial charge is 0.311 e. The second-order valence-corrected chi connectivity index (χ2v) is 5.40. The van der Waals surface area contributed by atoms with Crippen molar-refractivity contribution < 1.29 is 0 Å². The van der Waals surface area contributed by atoms with Crippen molar-refractivity contribution >= 4 is 0 Å². The number of nitrogens with zero attached hydrogens (tertiary/aromatic N) is 2. The fraction of sp³-hybridized carbons (Fsp3) is 1.00. The van der Waals surface area contributed by atoms with Crippen LogP contribution >= 0.6 is 0 Å². The number of hydrogen-bond donors (Lipinski definition) is 1. The van der Waals surface area contributed by atoms with Gasteiger partial charge in [-0.1, -0.05) is 0 Å². The minimum Gasteiger partial charge on any atom is -0.311 e. The first kappa shape index (κ1) is 11.4. The van der Waals surface area contributed by atoms with Gasteiger partial charge < -0.3 is 10.2 Å². The highest BCUT2D eigenvalue weighted by Gasteiger charge is 2.28. The van der Waals surface area contributed by atoms with E-state index < -0.39 is 0 Å². The first-order valence-corrected chi connectivity index (χ1v) is 6.30. The normalized spacial score (nSPS) is 39.0. The number of hydrogen-bond acceptors (Lipinski definition) is 3. The van der Waals surface area contributed by atoms with Gasteiger partial charge in [-0.25, -0.2) is 0 Å². The van der Waals surface area contributed by atoms with E-state index in [1.165, 1.54) is 38.9 Å². The summed E-state index contributed by atoms with van der Waals surface area (Å²) in [6.07, 6.45) is 4.06. The van der Waals surface area contributed by atoms with E-state index in [4.69, 9.17) is 0 Å². The van der Waals surface area contributed by atoms with E-state index in [9.17, 15) is 0 Å². The Balaban J connectivity index is 1.70. The molecule has 1 N–H and O–H groups in total. The third-order valence-corrected chi connectivity index (χ3v) is 4.22. The van der Waals surface area contributed by atoms with E-state index in [1.807, 2.05) is 0 Å². The van der Waals surface area contributed by atoms with Crippen LogP contribution < -0.4 is 5.32 Å². The zero-order valence-electron chi connectivity index (χ0n) is 10.4. The highest BCUT2D eigenvalue weighted by Crippen LogP contribution is 2.21. The lowest BCUT2D eigenvalue weighted by Crippen LogP contribution is -2.42. The molecule has 2 aliphatic rings. The summed E-state index contributed by atoms with van der Waals surface area (Å²) in [5, 5.41) is 3.72. The lowest BCUT2D eigenvalue weighted by Gasteiger charge is -2.25. The van der Waals surface area contributed by atoms with Crippen LogP contribution in [0, 0.1) is 0 Å². The van der Waals surface area contributed by atoms with Crippen molar-refractivity contribution in [2.75, 3.05) is 33.7 Å². The number of rotatable bonds is 3. The summed E-state index contributed by atoms with van der Waals surface area (Å²) in [7, 11) is 4.48. The van der Waals surface area contributed by atoms with E-state index in [0.29, 0.717) is 0 Å². The van der Waals surface area contributed by atoms with Crippen LogP contribution in [-0.2, 0) is 0 Å². The molecule has 0 spiro atoms. The molecule has 0 aromatic carbocycles. The topological polar surface area (TPSA) is 18.5 Å². The van der Waals surface area contributed by atoms with Gasteiger partial charge in [0.05, 0.1) is 0 Å². The average molecular weight is 211 g/mol. The van der Waals surface area contributed by atoms with Crippen molar-refractivity contribution in [3.05, 3.63) is 0 Å². The van der Waals surface area contributed by atoms with Crippen molar-refractivity contribution in [2.45, 2.75) is 44.3 Å². The Hall–Kier alpha value is -0.120. The Labute approximate surface area is 93.8 Å². The van der Waals surface area contributed by atoms with Crippen LogP contribution in [-0.4, -0.2) is 61.7 Å². The Bertz CT molecular complexity index is 207. The number of nitrogens with one attached hydrogen (secondary N) is 1. The van der Waals surface area contributed by atoms with E-state index >= 15 is 0 Å². The van der Waals surface area contributed by atoms with Crippen molar-refractivity contribution in [2.24, 2.45) is 0 Å². The quantitative estimate of drug-likeness (QED) is 0.743. The van der Waals surface area contributed by atoms with Gasteiger partial charge in [-0.3, -0.25) is 4.90 Å². The number of likely N-dealkylation sites (tertiary alicyclic amines) is 2. The summed E-state index contributed by atoms with van der Waals surface area (Å²) in [6, 6.07) is 2.29. The molecule has 0 aliphatic carbocycles. The van der Waals surface area contributed by atoms with Gasteiger partial charge in [-0.05, 0) is 46.8 Å². The SMILES string of the molecule is CC1CCC(CN[C@H]2CCN(C)C2)N1C. The molecule has 88 valence electrons. The Morgan fingerprint density at radius 3 is 2.53 bits per heavy atom. The molecule has 0 bridgehead atoms. The van der Waals surface area contributed by atoms with Gasteiger partial charge in [-0.2, -0.15) is 0 Å². The first-order valence-electron chi connectivity index (χ1n) is 6.30. The maximum Gasteiger partial charge on any atom is 0.0221 e. The van der Waals surface area contributed by atoms with Gasteiger partial charge in [0, 0.05) is 31.2 Å². The molecule has 15 heavy (non-hydrogen) atoms. The standard InChI is InChI=1S/C12H25N3/c1-10-4-5-12(15(10)3)8-13-11-6-7-14(2)9-11/h10-13H,4-9H2,1-3H3/t10?,11-,12?/m0/s1. The summed E-state index contributed by atoms with van der Waals surface area (Å²) >= 11 is 0. The highest BCUT2D eigenvalue weighted by atomic mass is 15.2. The summed E-state index contributed by atoms with van der Waals surface area (Å²) in [6.45, 7) is 6.00. The zero-order chi connectivity index (χ0) is 10.8. The third kappa shape index (κ3) is 2.71. The van der Waals surface area contributed by atoms with Crippen molar-refractivity contribution in [1.29, 1.82) is 0 Å². The summed E-state index contributed by atoms with van der Waals surface area (Å²) < 4.78 is 0. The molecule has 2 rings (SSSR count). The Morgan fingerprint density at radius 1 is 1.20 bits per heavy atom. The van der Waals surface area contributed by atoms with Gasteiger partial charge >= 0.3 is 0 Å². The van der Waals surface area contributed by atoms with Crippen LogP contribution in [0.1, 0.15) is 26.2 Å². The van der Waals surface area contributed by atoms with Crippen molar-refractivity contribution in [1.82, 2.24) is 15.1 Å². The molecule has 2 saturated heterocycles. The predicted molar refractivity (Wildman–Crippen MR) is 64.2 cm³/mol. The predicted octanol–water partition coefficient (Wildman–Crippen LogP) is 0.763. The van der Waals surface area contributed by atoms with Gasteiger partial charge in [-0.15, -0.1) is 0 Å². The molecular formula is C12H25N3. The maximum absolute atomic E-state index is 3.72. The summed E-state index contributed by atoms with van der Waals surface area (Å²) in [4.78, 5) is 4.95. The molecule has 3 atom stereocenters. The summed E-state index contributed by atoms with van der Waals surface area (Å²) in [5.41, 5.74) is 0. The van der Waals surface area contributed by atoms with E-state index in [1.54, 1.807) is 0 Å². The van der Waals surface area contributed by atoms with E-state index in [2.05, 4.69) is 36.1 Å². The fourth-order valence-electron chi connectivity index (χ4n) is 2.85. The molecule has 3 nitrogen and oxygen atoms in total. The van der Waals surface area contributed by atoms with Crippen LogP contribution in [0.3, 0.4) is 0 Å². The van der Waals surface area contributed by atoms with Crippen LogP contribution in [0.4, 0.5) is 0 Å². The molecular weight excluding hydrogens is 186 g/mol. The molecule has 0 radical (unpaired) electrons. The van der Waals surface area contributed by atoms with E-state index in [0.717, 1.165) is 18.1 Å². The highest BCUT2D eigenvalue weighted by molar-refractivity contribution is 4.87. The van der Waals surface area contributed by atoms with Crippen molar-refractivity contribution in [3.8, 4) is 0 Å². The first-order chi connectivity index (χ1) is 7.16. The van der Waals surface area contributed by atoms with Gasteiger partial charge in [0.25, 0.3) is 0 Å². The van der Waals surface area contributed by atoms with Gasteiger partial charge in [0.15, 0.2) is 0 Å². The lowest BCUT2D eigenvalue weighted by molar-refractivity contribution is 0.242. The monoisotopic (exact) mass is 211 g/mol. The maximum atomic E-state index is 3.72. The summed E-state index contributed by atoms with van der Waals surface area (Å²) in [5.74, 6) is 0. The van der Waals surface area contributed by atoms with E-state index in [-0.39, 0.29) is 0 Å². The Kier molecular flexibility index (Phi) is 3.65. The molecule has 0 aromatic rings. The Morgan fingerprint density at radius 2 is 2.00 bits per heavy atom. The molecule has 2 aliphatic heterocycles. The van der Waals surface area contributed by atoms with Crippen LogP contribution in [0.15, 0.2) is 0 Å². The third-order valence-electron chi connectivity index (χ3n) is 4.22. The molecule has 2 heterocycles. The number of likely N-dealkylation sites (N-methyl/N-ethyl adjacent to an activating group) is 2. The smallest absolute Gasteiger partial charge is 0.0221 e. The fourth-order valence-corrected chi connectivity index (χ4v) is 2.85. The second-order valence-electron chi connectivity index (χ2n) is 5.40. The van der Waals surface area contributed by atoms with Crippen LogP contribution in [0.2, 0.25) is 0 Å².